The van der Waals surface area contributed by atoms with Gasteiger partial charge in [-0.2, -0.15) is 0 Å². The first-order chi connectivity index (χ1) is 8.40. The van der Waals surface area contributed by atoms with Crippen molar-refractivity contribution in [2.24, 2.45) is 5.73 Å². The van der Waals surface area contributed by atoms with Crippen LogP contribution >= 0.6 is 11.8 Å². The van der Waals surface area contributed by atoms with Gasteiger partial charge in [-0.05, 0) is 6.54 Å². The molecule has 2 N–H and O–H groups in total. The monoisotopic (exact) mass is 245 g/mol. The molecule has 2 heterocycles. The van der Waals surface area contributed by atoms with E-state index in [0.717, 1.165) is 29.6 Å². The summed E-state index contributed by atoms with van der Waals surface area (Å²) in [5.74, 6) is 1.13. The van der Waals surface area contributed by atoms with E-state index in [-0.39, 0.29) is 0 Å². The zero-order chi connectivity index (χ0) is 11.7. The third kappa shape index (κ3) is 1.87. The highest BCUT2D eigenvalue weighted by Gasteiger charge is 2.21. The number of hydrogen-bond donors (Lipinski definition) is 1. The predicted octanol–water partition coefficient (Wildman–Crippen LogP) is 2.16. The third-order valence-electron chi connectivity index (χ3n) is 3.01. The Morgan fingerprint density at radius 1 is 1.29 bits per heavy atom. The van der Waals surface area contributed by atoms with Crippen molar-refractivity contribution < 1.29 is 0 Å². The summed E-state index contributed by atoms with van der Waals surface area (Å²) in [5, 5.41) is 1.15. The van der Waals surface area contributed by atoms with Crippen LogP contribution in [0, 0.1) is 0 Å². The molecule has 3 rings (SSSR count). The number of aromatic nitrogens is 2. The number of nitrogens with two attached hydrogens (primary N) is 1. The lowest BCUT2D eigenvalue weighted by molar-refractivity contribution is 0.674. The number of nitrogens with zero attached hydrogens (tertiary/aromatic N) is 2. The number of imidazole rings is 1. The predicted molar refractivity (Wildman–Crippen MR) is 71.1 cm³/mol. The zero-order valence-corrected chi connectivity index (χ0v) is 10.4. The molecule has 2 aromatic rings. The van der Waals surface area contributed by atoms with Crippen LogP contribution in [0.25, 0.3) is 11.3 Å². The third-order valence-corrected chi connectivity index (χ3v) is 3.97. The van der Waals surface area contributed by atoms with Gasteiger partial charge in [0.05, 0.1) is 5.69 Å². The van der Waals surface area contributed by atoms with Crippen molar-refractivity contribution in [1.29, 1.82) is 0 Å². The maximum absolute atomic E-state index is 5.71. The fourth-order valence-corrected chi connectivity index (χ4v) is 3.22. The number of rotatable bonds is 3. The number of benzene rings is 1. The Balaban J connectivity index is 2.11. The van der Waals surface area contributed by atoms with Gasteiger partial charge in [-0.1, -0.05) is 42.1 Å². The molecule has 0 atom stereocenters. The van der Waals surface area contributed by atoms with Crippen LogP contribution in [-0.4, -0.2) is 21.8 Å². The van der Waals surface area contributed by atoms with Crippen LogP contribution in [0.1, 0.15) is 5.69 Å². The molecule has 1 aliphatic rings. The second-order valence-electron chi connectivity index (χ2n) is 4.09. The van der Waals surface area contributed by atoms with Gasteiger partial charge >= 0.3 is 0 Å². The molecule has 1 aliphatic heterocycles. The van der Waals surface area contributed by atoms with Gasteiger partial charge in [-0.15, -0.1) is 0 Å². The van der Waals surface area contributed by atoms with Crippen molar-refractivity contribution >= 4 is 11.8 Å². The highest BCUT2D eigenvalue weighted by atomic mass is 32.2. The van der Waals surface area contributed by atoms with E-state index in [1.54, 1.807) is 0 Å². The van der Waals surface area contributed by atoms with E-state index in [9.17, 15) is 0 Å². The standard InChI is InChI=1S/C13H15N3S/c14-7-6-11-12(10-4-2-1-3-5-10)15-13-16(11)8-9-17-13/h1-5H,6-9,14H2. The second-order valence-corrected chi connectivity index (χ2v) is 5.16. The largest absolute Gasteiger partial charge is 0.330 e. The normalized spacial score (nSPS) is 13.9. The maximum atomic E-state index is 5.71. The van der Waals surface area contributed by atoms with Gasteiger partial charge in [0.15, 0.2) is 5.16 Å². The Morgan fingerprint density at radius 2 is 2.12 bits per heavy atom. The molecule has 0 bridgehead atoms. The minimum absolute atomic E-state index is 0.676. The van der Waals surface area contributed by atoms with E-state index in [1.165, 1.54) is 11.3 Å². The SMILES string of the molecule is NCCc1c(-c2ccccc2)nc2n1CCS2. The van der Waals surface area contributed by atoms with Crippen LogP contribution < -0.4 is 5.73 Å². The summed E-state index contributed by atoms with van der Waals surface area (Å²) < 4.78 is 2.32. The van der Waals surface area contributed by atoms with E-state index < -0.39 is 0 Å². The Morgan fingerprint density at radius 3 is 2.88 bits per heavy atom. The van der Waals surface area contributed by atoms with Crippen LogP contribution in [0.4, 0.5) is 0 Å². The number of fused-ring (bicyclic) bond motifs is 1. The quantitative estimate of drug-likeness (QED) is 0.901. The van der Waals surface area contributed by atoms with Gasteiger partial charge in [0.2, 0.25) is 0 Å². The first kappa shape index (κ1) is 10.9. The van der Waals surface area contributed by atoms with Crippen molar-refractivity contribution in [3.8, 4) is 11.3 Å². The zero-order valence-electron chi connectivity index (χ0n) is 9.60. The van der Waals surface area contributed by atoms with E-state index in [2.05, 4.69) is 28.8 Å². The van der Waals surface area contributed by atoms with Gasteiger partial charge < -0.3 is 10.3 Å². The summed E-state index contributed by atoms with van der Waals surface area (Å²) in [5.41, 5.74) is 9.31. The van der Waals surface area contributed by atoms with Crippen molar-refractivity contribution in [3.63, 3.8) is 0 Å². The lowest BCUT2D eigenvalue weighted by Gasteiger charge is -2.06. The first-order valence-corrected chi connectivity index (χ1v) is 6.86. The van der Waals surface area contributed by atoms with Gasteiger partial charge in [0.25, 0.3) is 0 Å². The smallest absolute Gasteiger partial charge is 0.168 e. The fraction of sp³-hybridized carbons (Fsp3) is 0.308. The molecule has 17 heavy (non-hydrogen) atoms. The molecule has 4 heteroatoms. The van der Waals surface area contributed by atoms with Crippen LogP contribution in [0.5, 0.6) is 0 Å². The van der Waals surface area contributed by atoms with Crippen LogP contribution in [0.15, 0.2) is 35.5 Å². The van der Waals surface area contributed by atoms with Crippen molar-refractivity contribution in [3.05, 3.63) is 36.0 Å². The lowest BCUT2D eigenvalue weighted by atomic mass is 10.1. The molecule has 0 fully saturated rings. The number of hydrogen-bond acceptors (Lipinski definition) is 3. The highest BCUT2D eigenvalue weighted by molar-refractivity contribution is 7.99. The van der Waals surface area contributed by atoms with Crippen molar-refractivity contribution in [2.75, 3.05) is 12.3 Å². The Bertz CT molecular complexity index is 519. The summed E-state index contributed by atoms with van der Waals surface area (Å²) >= 11 is 1.83. The topological polar surface area (TPSA) is 43.8 Å². The maximum Gasteiger partial charge on any atom is 0.168 e. The molecule has 1 aromatic heterocycles. The molecule has 0 spiro atoms. The van der Waals surface area contributed by atoms with E-state index >= 15 is 0 Å². The molecule has 0 amide bonds. The summed E-state index contributed by atoms with van der Waals surface area (Å²) in [6.45, 7) is 1.74. The van der Waals surface area contributed by atoms with Crippen molar-refractivity contribution in [2.45, 2.75) is 18.1 Å². The van der Waals surface area contributed by atoms with Gasteiger partial charge in [-0.3, -0.25) is 0 Å². The van der Waals surface area contributed by atoms with Gasteiger partial charge in [0.1, 0.15) is 0 Å². The molecule has 0 aliphatic carbocycles. The molecular weight excluding hydrogens is 230 g/mol. The average Bonchev–Trinajstić information content (AvgIpc) is 2.93. The molecule has 0 radical (unpaired) electrons. The Labute approximate surface area is 105 Å². The van der Waals surface area contributed by atoms with Crippen LogP contribution in [0.2, 0.25) is 0 Å². The molecule has 88 valence electrons. The van der Waals surface area contributed by atoms with Gasteiger partial charge in [-0.25, -0.2) is 4.98 Å². The first-order valence-electron chi connectivity index (χ1n) is 5.88. The van der Waals surface area contributed by atoms with Gasteiger partial charge in [0, 0.05) is 30.0 Å². The van der Waals surface area contributed by atoms with Crippen LogP contribution in [-0.2, 0) is 13.0 Å². The van der Waals surface area contributed by atoms with Crippen molar-refractivity contribution in [1.82, 2.24) is 9.55 Å². The highest BCUT2D eigenvalue weighted by Crippen LogP contribution is 2.33. The lowest BCUT2D eigenvalue weighted by Crippen LogP contribution is -2.09. The fourth-order valence-electron chi connectivity index (χ4n) is 2.25. The molecular formula is C13H15N3S. The molecule has 0 unspecified atom stereocenters. The Hall–Kier alpha value is -1.26. The molecule has 0 saturated carbocycles. The van der Waals surface area contributed by atoms with E-state index in [4.69, 9.17) is 10.7 Å². The summed E-state index contributed by atoms with van der Waals surface area (Å²) in [4.78, 5) is 4.75. The summed E-state index contributed by atoms with van der Waals surface area (Å²) in [6, 6.07) is 10.4. The van der Waals surface area contributed by atoms with E-state index in [1.807, 2.05) is 17.8 Å². The Kier molecular flexibility index (Phi) is 2.91. The summed E-state index contributed by atoms with van der Waals surface area (Å²) in [6.07, 6.45) is 0.901. The minimum Gasteiger partial charge on any atom is -0.330 e. The van der Waals surface area contributed by atoms with Crippen LogP contribution in [0.3, 0.4) is 0 Å². The second kappa shape index (κ2) is 4.55. The number of thioether (sulfide) groups is 1. The molecule has 0 saturated heterocycles. The van der Waals surface area contributed by atoms with E-state index in [0.29, 0.717) is 6.54 Å². The minimum atomic E-state index is 0.676. The molecule has 3 nitrogen and oxygen atoms in total. The average molecular weight is 245 g/mol. The summed E-state index contributed by atoms with van der Waals surface area (Å²) in [7, 11) is 0. The molecule has 1 aromatic carbocycles.